The quantitative estimate of drug-likeness (QED) is 0.733. The van der Waals surface area contributed by atoms with Gasteiger partial charge in [-0.15, -0.1) is 0 Å². The van der Waals surface area contributed by atoms with E-state index in [2.05, 4.69) is 75.5 Å². The van der Waals surface area contributed by atoms with E-state index in [1.54, 1.807) is 10.4 Å². The molecule has 0 saturated carbocycles. The molecule has 0 atom stereocenters. The van der Waals surface area contributed by atoms with E-state index in [0.717, 1.165) is 0 Å². The third kappa shape index (κ3) is 1.58. The Morgan fingerprint density at radius 3 is 1.70 bits per heavy atom. The summed E-state index contributed by atoms with van der Waals surface area (Å²) < 4.78 is 0. The van der Waals surface area contributed by atoms with Crippen molar-refractivity contribution in [2.45, 2.75) is 39.0 Å². The average molecular weight is 297 g/mol. The van der Waals surface area contributed by atoms with Crippen LogP contribution in [-0.4, -0.2) is 15.2 Å². The van der Waals surface area contributed by atoms with Crippen molar-refractivity contribution in [1.82, 2.24) is 0 Å². The van der Waals surface area contributed by atoms with Gasteiger partial charge in [0.05, 0.1) is 15.2 Å². The van der Waals surface area contributed by atoms with Gasteiger partial charge >= 0.3 is 0 Å². The maximum Gasteiger partial charge on any atom is 0.0854 e. The number of hydrogen-bond acceptors (Lipinski definition) is 0. The Balaban J connectivity index is 2.43. The molecule has 0 fully saturated rings. The molecule has 0 radical (unpaired) electrons. The molecule has 0 N–H and O–H groups in total. The first-order chi connectivity index (χ1) is 9.58. The van der Waals surface area contributed by atoms with E-state index in [0.29, 0.717) is 0 Å². The minimum absolute atomic E-state index is 1.38. The van der Waals surface area contributed by atoms with Crippen LogP contribution < -0.4 is 10.4 Å². The minimum atomic E-state index is -1.40. The van der Waals surface area contributed by atoms with E-state index in [-0.39, 0.29) is 0 Å². The Labute approximate surface area is 124 Å². The highest BCUT2D eigenvalue weighted by Gasteiger charge is 2.52. The largest absolute Gasteiger partial charge is 0.0854 e. The van der Waals surface area contributed by atoms with Gasteiger partial charge in [0.25, 0.3) is 0 Å². The van der Waals surface area contributed by atoms with Crippen LogP contribution in [0, 0.1) is 0 Å². The van der Waals surface area contributed by atoms with E-state index in [4.69, 9.17) is 0 Å². The average Bonchev–Trinajstić information content (AvgIpc) is 2.49. The van der Waals surface area contributed by atoms with Crippen LogP contribution in [0.3, 0.4) is 0 Å². The van der Waals surface area contributed by atoms with Crippen LogP contribution in [0.15, 0.2) is 48.5 Å². The van der Waals surface area contributed by atoms with Crippen molar-refractivity contribution in [3.05, 3.63) is 48.5 Å². The van der Waals surface area contributed by atoms with Crippen LogP contribution in [0.5, 0.6) is 0 Å². The molecule has 1 aliphatic rings. The van der Waals surface area contributed by atoms with Crippen LogP contribution in [0.4, 0.5) is 0 Å². The van der Waals surface area contributed by atoms with Gasteiger partial charge < -0.3 is 0 Å². The summed E-state index contributed by atoms with van der Waals surface area (Å²) in [5, 5.41) is 3.44. The molecule has 3 rings (SSSR count). The molecule has 104 valence electrons. The first-order valence-electron chi connectivity index (χ1n) is 7.78. The highest BCUT2D eigenvalue weighted by atomic mass is 29.3. The maximum absolute atomic E-state index is 2.63. The van der Waals surface area contributed by atoms with Crippen molar-refractivity contribution < 1.29 is 0 Å². The third-order valence-electron chi connectivity index (χ3n) is 5.74. The van der Waals surface area contributed by atoms with Crippen LogP contribution >= 0.6 is 0 Å². The molecule has 0 nitrogen and oxygen atoms in total. The van der Waals surface area contributed by atoms with Gasteiger partial charge in [-0.3, -0.25) is 0 Å². The molecule has 20 heavy (non-hydrogen) atoms. The van der Waals surface area contributed by atoms with Crippen LogP contribution in [-0.2, 0) is 0 Å². The standard InChI is InChI=1S/C18H24Si2/c1-5-20(6-2)18-14-10-8-12-16(18)15-11-7-9-13-17(15)19(20,3)4/h7-14H,5-6H2,1-4H3. The molecular weight excluding hydrogens is 272 g/mol. The lowest BCUT2D eigenvalue weighted by Gasteiger charge is -2.49. The van der Waals surface area contributed by atoms with E-state index in [1.165, 1.54) is 23.2 Å². The molecule has 1 aliphatic heterocycles. The van der Waals surface area contributed by atoms with Crippen LogP contribution in [0.2, 0.25) is 25.2 Å². The molecule has 0 aliphatic carbocycles. The Morgan fingerprint density at radius 1 is 0.700 bits per heavy atom. The number of fused-ring (bicyclic) bond motifs is 3. The van der Waals surface area contributed by atoms with Gasteiger partial charge in [-0.1, -0.05) is 97.9 Å². The topological polar surface area (TPSA) is 0 Å². The van der Waals surface area contributed by atoms with E-state index in [1.807, 2.05) is 0 Å². The van der Waals surface area contributed by atoms with Crippen LogP contribution in [0.1, 0.15) is 13.8 Å². The predicted molar refractivity (Wildman–Crippen MR) is 95.3 cm³/mol. The summed E-state index contributed by atoms with van der Waals surface area (Å²) in [4.78, 5) is 0. The SMILES string of the molecule is CC[Si]1(CC)c2ccccc2-c2ccccc2[Si]1(C)C. The lowest BCUT2D eigenvalue weighted by Crippen LogP contribution is -2.74. The van der Waals surface area contributed by atoms with Gasteiger partial charge in [-0.2, -0.15) is 0 Å². The van der Waals surface area contributed by atoms with Crippen molar-refractivity contribution in [2.24, 2.45) is 0 Å². The molecule has 1 heterocycles. The van der Waals surface area contributed by atoms with Gasteiger partial charge in [0, 0.05) is 0 Å². The van der Waals surface area contributed by atoms with Crippen molar-refractivity contribution in [3.8, 4) is 11.1 Å². The summed E-state index contributed by atoms with van der Waals surface area (Å²) in [5.74, 6) is 0. The van der Waals surface area contributed by atoms with Gasteiger partial charge in [-0.05, 0) is 11.1 Å². The summed E-state index contributed by atoms with van der Waals surface area (Å²) in [7, 11) is -2.79. The normalized spacial score (nSPS) is 18.2. The second-order valence-electron chi connectivity index (χ2n) is 6.51. The Bertz CT molecular complexity index is 639. The lowest BCUT2D eigenvalue weighted by atomic mass is 10.1. The number of rotatable bonds is 2. The zero-order chi connectivity index (χ0) is 14.4. The van der Waals surface area contributed by atoms with Crippen molar-refractivity contribution in [1.29, 1.82) is 0 Å². The zero-order valence-corrected chi connectivity index (χ0v) is 15.0. The molecule has 2 aromatic rings. The lowest BCUT2D eigenvalue weighted by molar-refractivity contribution is 1.29. The van der Waals surface area contributed by atoms with Crippen LogP contribution in [0.25, 0.3) is 11.1 Å². The number of benzene rings is 2. The van der Waals surface area contributed by atoms with E-state index in [9.17, 15) is 0 Å². The highest BCUT2D eigenvalue weighted by Crippen LogP contribution is 2.36. The molecule has 0 unspecified atom stereocenters. The second-order valence-corrected chi connectivity index (χ2v) is 21.0. The van der Waals surface area contributed by atoms with E-state index < -0.39 is 15.2 Å². The summed E-state index contributed by atoms with van der Waals surface area (Å²) >= 11 is 0. The maximum atomic E-state index is 2.63. The monoisotopic (exact) mass is 296 g/mol. The Hall–Kier alpha value is -1.13. The van der Waals surface area contributed by atoms with Gasteiger partial charge in [0.2, 0.25) is 0 Å². The fourth-order valence-corrected chi connectivity index (χ4v) is 21.5. The Kier molecular flexibility index (Phi) is 3.26. The third-order valence-corrected chi connectivity index (χ3v) is 24.7. The molecular formula is C18H24Si2. The van der Waals surface area contributed by atoms with Gasteiger partial charge in [0.1, 0.15) is 0 Å². The van der Waals surface area contributed by atoms with Crippen molar-refractivity contribution in [3.63, 3.8) is 0 Å². The summed E-state index contributed by atoms with van der Waals surface area (Å²) in [6, 6.07) is 21.2. The predicted octanol–water partition coefficient (Wildman–Crippen LogP) is 4.06. The molecule has 0 amide bonds. The molecule has 0 spiro atoms. The fraction of sp³-hybridized carbons (Fsp3) is 0.333. The molecule has 0 aromatic heterocycles. The Morgan fingerprint density at radius 2 is 1.15 bits per heavy atom. The van der Waals surface area contributed by atoms with Gasteiger partial charge in [-0.25, -0.2) is 0 Å². The first-order valence-corrected chi connectivity index (χ1v) is 14.2. The highest BCUT2D eigenvalue weighted by molar-refractivity contribution is 7.51. The molecule has 0 saturated heterocycles. The summed E-state index contributed by atoms with van der Waals surface area (Å²) in [5.41, 5.74) is 3.05. The smallest absolute Gasteiger partial charge is 0.0677 e. The van der Waals surface area contributed by atoms with Gasteiger partial charge in [0.15, 0.2) is 0 Å². The summed E-state index contributed by atoms with van der Waals surface area (Å²) in [6.07, 6.45) is 0. The summed E-state index contributed by atoms with van der Waals surface area (Å²) in [6.45, 7) is 10.1. The van der Waals surface area contributed by atoms with Crippen molar-refractivity contribution >= 4 is 25.6 Å². The fourth-order valence-electron chi connectivity index (χ4n) is 4.51. The minimum Gasteiger partial charge on any atom is -0.0677 e. The number of hydrogen-bond donors (Lipinski definition) is 0. The van der Waals surface area contributed by atoms with Crippen molar-refractivity contribution in [2.75, 3.05) is 0 Å². The molecule has 2 aromatic carbocycles. The van der Waals surface area contributed by atoms with E-state index >= 15 is 0 Å². The second kappa shape index (κ2) is 4.71. The molecule has 2 heteroatoms. The first kappa shape index (κ1) is 13.8. The zero-order valence-electron chi connectivity index (χ0n) is 13.0. The molecule has 0 bridgehead atoms.